The fourth-order valence-electron chi connectivity index (χ4n) is 1.20. The monoisotopic (exact) mass is 207 g/mol. The Morgan fingerprint density at radius 3 is 2.93 bits per heavy atom. The Labute approximate surface area is 85.8 Å². The van der Waals surface area contributed by atoms with Crippen LogP contribution in [0.5, 0.6) is 0 Å². The van der Waals surface area contributed by atoms with Gasteiger partial charge >= 0.3 is 5.97 Å². The Hall–Kier alpha value is -1.13. The van der Waals surface area contributed by atoms with Crippen molar-refractivity contribution in [2.24, 2.45) is 5.73 Å². The third kappa shape index (κ3) is 2.97. The molecular weight excluding hydrogens is 194 g/mol. The summed E-state index contributed by atoms with van der Waals surface area (Å²) in [6, 6.07) is 7.10. The summed E-state index contributed by atoms with van der Waals surface area (Å²) in [6.07, 6.45) is 0.396. The van der Waals surface area contributed by atoms with Crippen LogP contribution in [0.25, 0.3) is 0 Å². The van der Waals surface area contributed by atoms with E-state index in [1.165, 1.54) is 5.19 Å². The number of nitrogens with two attached hydrogens (primary N) is 1. The predicted octanol–water partition coefficient (Wildman–Crippen LogP) is 0.0186. The zero-order valence-corrected chi connectivity index (χ0v) is 9.03. The van der Waals surface area contributed by atoms with E-state index in [4.69, 9.17) is 10.8 Å². The van der Waals surface area contributed by atoms with E-state index in [0.29, 0.717) is 6.42 Å². The highest BCUT2D eigenvalue weighted by molar-refractivity contribution is 6.51. The van der Waals surface area contributed by atoms with E-state index in [1.54, 1.807) is 0 Å². The highest BCUT2D eigenvalue weighted by Gasteiger charge is 2.11. The van der Waals surface area contributed by atoms with E-state index >= 15 is 0 Å². The van der Waals surface area contributed by atoms with Crippen molar-refractivity contribution in [3.8, 4) is 0 Å². The van der Waals surface area contributed by atoms with Crippen molar-refractivity contribution >= 4 is 20.7 Å². The molecule has 1 rings (SSSR count). The summed E-state index contributed by atoms with van der Waals surface area (Å²) in [5, 5.41) is 9.88. The van der Waals surface area contributed by atoms with Crippen LogP contribution in [-0.2, 0) is 11.2 Å². The van der Waals surface area contributed by atoms with Gasteiger partial charge < -0.3 is 10.8 Å². The van der Waals surface area contributed by atoms with E-state index in [-0.39, 0.29) is 0 Å². The molecule has 0 fully saturated rings. The number of carboxylic acid groups (broad SMARTS) is 1. The fraction of sp³-hybridized carbons (Fsp3) is 0.300. The molecule has 3 nitrogen and oxygen atoms in total. The van der Waals surface area contributed by atoms with Crippen LogP contribution in [0, 0.1) is 0 Å². The molecule has 0 saturated heterocycles. The number of rotatable bonds is 4. The molecule has 2 radical (unpaired) electrons. The van der Waals surface area contributed by atoms with Crippen molar-refractivity contribution in [3.05, 3.63) is 29.8 Å². The summed E-state index contributed by atoms with van der Waals surface area (Å²) in [5.74, 6) is -0.950. The minimum absolute atomic E-state index is 0.396. The molecule has 4 heteroatoms. The molecule has 0 unspecified atom stereocenters. The zero-order valence-electron chi connectivity index (χ0n) is 8.03. The first-order valence-electron chi connectivity index (χ1n) is 4.38. The van der Waals surface area contributed by atoms with Crippen molar-refractivity contribution < 1.29 is 9.90 Å². The van der Waals surface area contributed by atoms with Crippen molar-refractivity contribution in [1.29, 1.82) is 0 Å². The van der Waals surface area contributed by atoms with Gasteiger partial charge in [0.2, 0.25) is 0 Å². The quantitative estimate of drug-likeness (QED) is 0.684. The van der Waals surface area contributed by atoms with Crippen LogP contribution in [0.2, 0.25) is 6.55 Å². The summed E-state index contributed by atoms with van der Waals surface area (Å²) >= 11 is 0. The third-order valence-corrected chi connectivity index (χ3v) is 2.88. The summed E-state index contributed by atoms with van der Waals surface area (Å²) in [4.78, 5) is 10.5. The van der Waals surface area contributed by atoms with Gasteiger partial charge in [-0.2, -0.15) is 0 Å². The summed E-state index contributed by atoms with van der Waals surface area (Å²) in [6.45, 7) is 2.09. The van der Waals surface area contributed by atoms with Gasteiger partial charge in [-0.1, -0.05) is 36.0 Å². The second kappa shape index (κ2) is 4.93. The highest BCUT2D eigenvalue weighted by Crippen LogP contribution is 2.00. The van der Waals surface area contributed by atoms with Crippen LogP contribution in [-0.4, -0.2) is 26.6 Å². The normalized spacial score (nSPS) is 12.4. The zero-order chi connectivity index (χ0) is 10.6. The largest absolute Gasteiger partial charge is 0.480 e. The average Bonchev–Trinajstić information content (AvgIpc) is 2.18. The van der Waals surface area contributed by atoms with Gasteiger partial charge in [0.25, 0.3) is 0 Å². The molecule has 0 aliphatic rings. The molecule has 0 amide bonds. The number of carbonyl (C=O) groups is 1. The second-order valence-corrected chi connectivity index (χ2v) is 4.18. The number of carboxylic acids is 1. The molecule has 0 aliphatic carbocycles. The Kier molecular flexibility index (Phi) is 3.85. The minimum atomic E-state index is -0.950. The van der Waals surface area contributed by atoms with Gasteiger partial charge in [-0.3, -0.25) is 4.79 Å². The fourth-order valence-corrected chi connectivity index (χ4v) is 1.79. The number of hydrogen-bond donors (Lipinski definition) is 2. The van der Waals surface area contributed by atoms with E-state index < -0.39 is 12.0 Å². The minimum Gasteiger partial charge on any atom is -0.480 e. The average molecular weight is 207 g/mol. The first-order valence-corrected chi connectivity index (χ1v) is 5.88. The number of hydrogen-bond acceptors (Lipinski definition) is 2. The molecular formula is C10H13NO2Si. The van der Waals surface area contributed by atoms with E-state index in [9.17, 15) is 4.79 Å². The molecule has 1 aromatic rings. The molecule has 14 heavy (non-hydrogen) atoms. The maximum atomic E-state index is 10.5. The molecule has 74 valence electrons. The Bertz CT molecular complexity index is 328. The van der Waals surface area contributed by atoms with E-state index in [2.05, 4.69) is 6.55 Å². The molecule has 0 heterocycles. The molecule has 0 aliphatic heterocycles. The maximum Gasteiger partial charge on any atom is 0.320 e. The molecule has 0 spiro atoms. The van der Waals surface area contributed by atoms with Gasteiger partial charge in [-0.05, 0) is 12.0 Å². The second-order valence-electron chi connectivity index (χ2n) is 3.10. The summed E-state index contributed by atoms with van der Waals surface area (Å²) in [5.41, 5.74) is 6.44. The molecule has 1 atom stereocenters. The molecule has 3 N–H and O–H groups in total. The lowest BCUT2D eigenvalue weighted by molar-refractivity contribution is -0.138. The highest BCUT2D eigenvalue weighted by atomic mass is 28.2. The van der Waals surface area contributed by atoms with E-state index in [1.807, 2.05) is 24.3 Å². The van der Waals surface area contributed by atoms with Crippen LogP contribution in [0.4, 0.5) is 0 Å². The van der Waals surface area contributed by atoms with Crippen molar-refractivity contribution in [2.45, 2.75) is 19.0 Å². The van der Waals surface area contributed by atoms with Gasteiger partial charge in [0.05, 0.1) is 9.52 Å². The SMILES string of the molecule is C[Si]c1cccc(C[C@H](N)C(=O)O)c1. The molecule has 0 bridgehead atoms. The summed E-state index contributed by atoms with van der Waals surface area (Å²) in [7, 11) is 0.729. The molecule has 1 aromatic carbocycles. The van der Waals surface area contributed by atoms with Crippen LogP contribution in [0.3, 0.4) is 0 Å². The first-order chi connectivity index (χ1) is 6.63. The third-order valence-electron chi connectivity index (χ3n) is 1.99. The van der Waals surface area contributed by atoms with Crippen LogP contribution >= 0.6 is 0 Å². The van der Waals surface area contributed by atoms with E-state index in [0.717, 1.165) is 15.1 Å². The van der Waals surface area contributed by atoms with Crippen LogP contribution in [0.1, 0.15) is 5.56 Å². The standard InChI is InChI=1S/C10H13NO2Si/c1-14-8-4-2-3-7(5-8)6-9(11)10(12)13/h2-5,9H,6,11H2,1H3,(H,12,13)/t9-/m0/s1. The van der Waals surface area contributed by atoms with Crippen LogP contribution in [0.15, 0.2) is 24.3 Å². The summed E-state index contributed by atoms with van der Waals surface area (Å²) < 4.78 is 0. The van der Waals surface area contributed by atoms with Gasteiger partial charge in [0.15, 0.2) is 0 Å². The van der Waals surface area contributed by atoms with Gasteiger partial charge in [-0.15, -0.1) is 0 Å². The maximum absolute atomic E-state index is 10.5. The first kappa shape index (κ1) is 10.9. The van der Waals surface area contributed by atoms with Crippen LogP contribution < -0.4 is 10.9 Å². The van der Waals surface area contributed by atoms with Gasteiger partial charge in [0.1, 0.15) is 6.04 Å². The Morgan fingerprint density at radius 2 is 2.36 bits per heavy atom. The molecule has 0 saturated carbocycles. The lowest BCUT2D eigenvalue weighted by atomic mass is 10.1. The Morgan fingerprint density at radius 1 is 1.64 bits per heavy atom. The van der Waals surface area contributed by atoms with Gasteiger partial charge in [-0.25, -0.2) is 0 Å². The number of aliphatic carboxylic acids is 1. The number of benzene rings is 1. The van der Waals surface area contributed by atoms with Crippen molar-refractivity contribution in [1.82, 2.24) is 0 Å². The lowest BCUT2D eigenvalue weighted by Gasteiger charge is -2.07. The van der Waals surface area contributed by atoms with Crippen molar-refractivity contribution in [2.75, 3.05) is 0 Å². The van der Waals surface area contributed by atoms with Crippen molar-refractivity contribution in [3.63, 3.8) is 0 Å². The Balaban J connectivity index is 2.71. The predicted molar refractivity (Wildman–Crippen MR) is 57.0 cm³/mol. The topological polar surface area (TPSA) is 63.3 Å². The molecule has 0 aromatic heterocycles. The van der Waals surface area contributed by atoms with Gasteiger partial charge in [0, 0.05) is 0 Å². The lowest BCUT2D eigenvalue weighted by Crippen LogP contribution is -2.32. The smallest absolute Gasteiger partial charge is 0.320 e.